The average Bonchev–Trinajstić information content (AvgIpc) is 3.15. The van der Waals surface area contributed by atoms with Crippen molar-refractivity contribution in [1.82, 2.24) is 4.90 Å². The van der Waals surface area contributed by atoms with Crippen LogP contribution in [0, 0.1) is 0 Å². The van der Waals surface area contributed by atoms with Gasteiger partial charge in [-0.2, -0.15) is 4.99 Å². The normalized spacial score (nSPS) is 14.9. The lowest BCUT2D eigenvalue weighted by Gasteiger charge is -2.38. The summed E-state index contributed by atoms with van der Waals surface area (Å²) in [7, 11) is 6.40. The molecule has 29 heavy (non-hydrogen) atoms. The molecule has 0 aromatic heterocycles. The number of ether oxygens (including phenoxy) is 4. The highest BCUT2D eigenvalue weighted by molar-refractivity contribution is 6.13. The molecule has 2 aliphatic heterocycles. The molecule has 2 aromatic carbocycles. The molecule has 0 atom stereocenters. The predicted molar refractivity (Wildman–Crippen MR) is 108 cm³/mol. The summed E-state index contributed by atoms with van der Waals surface area (Å²) in [6, 6.07) is 9.71. The van der Waals surface area contributed by atoms with E-state index in [4.69, 9.17) is 18.9 Å². The lowest BCUT2D eigenvalue weighted by atomic mass is 10.0. The van der Waals surface area contributed by atoms with Crippen LogP contribution in [-0.2, 0) is 17.9 Å². The summed E-state index contributed by atoms with van der Waals surface area (Å²) in [6.45, 7) is 1.29. The Bertz CT molecular complexity index is 971. The monoisotopic (exact) mass is 397 g/mol. The lowest BCUT2D eigenvalue weighted by molar-refractivity contribution is -0.115. The van der Waals surface area contributed by atoms with Crippen molar-refractivity contribution >= 4 is 17.6 Å². The second kappa shape index (κ2) is 7.54. The van der Waals surface area contributed by atoms with Gasteiger partial charge in [0.1, 0.15) is 12.3 Å². The van der Waals surface area contributed by atoms with Gasteiger partial charge in [-0.25, -0.2) is 0 Å². The molecule has 0 N–H and O–H groups in total. The Kier molecular flexibility index (Phi) is 4.92. The van der Waals surface area contributed by atoms with E-state index in [0.717, 1.165) is 22.6 Å². The van der Waals surface area contributed by atoms with Crippen LogP contribution < -0.4 is 23.8 Å². The summed E-state index contributed by atoms with van der Waals surface area (Å²) in [5, 5.41) is 0. The molecule has 8 heteroatoms. The van der Waals surface area contributed by atoms with E-state index in [-0.39, 0.29) is 12.5 Å². The van der Waals surface area contributed by atoms with Crippen molar-refractivity contribution in [1.29, 1.82) is 0 Å². The number of benzene rings is 2. The molecular formula is C21H23N3O5. The van der Waals surface area contributed by atoms with Gasteiger partial charge in [0, 0.05) is 18.2 Å². The summed E-state index contributed by atoms with van der Waals surface area (Å²) in [6.07, 6.45) is 0. The smallest absolute Gasteiger partial charge is 0.268 e. The van der Waals surface area contributed by atoms with Crippen LogP contribution in [-0.4, -0.2) is 51.8 Å². The van der Waals surface area contributed by atoms with Gasteiger partial charge in [-0.3, -0.25) is 4.79 Å². The third kappa shape index (κ3) is 3.20. The maximum atomic E-state index is 12.2. The molecule has 4 rings (SSSR count). The van der Waals surface area contributed by atoms with Crippen LogP contribution in [0.25, 0.3) is 0 Å². The first-order chi connectivity index (χ1) is 14.1. The predicted octanol–water partition coefficient (Wildman–Crippen LogP) is 2.44. The number of aliphatic imine (C=N–C) groups is 1. The highest BCUT2D eigenvalue weighted by Crippen LogP contribution is 2.48. The Hall–Kier alpha value is -3.42. The minimum atomic E-state index is -0.179. The van der Waals surface area contributed by atoms with E-state index in [0.29, 0.717) is 36.3 Å². The molecule has 1 amide bonds. The van der Waals surface area contributed by atoms with Crippen molar-refractivity contribution < 1.29 is 23.7 Å². The quantitative estimate of drug-likeness (QED) is 0.741. The topological polar surface area (TPSA) is 72.8 Å². The number of hydrogen-bond donors (Lipinski definition) is 0. The molecule has 2 aliphatic rings. The number of carbonyl (C=O) groups excluding carboxylic acids is 1. The summed E-state index contributed by atoms with van der Waals surface area (Å²) >= 11 is 0. The van der Waals surface area contributed by atoms with Crippen LogP contribution in [0.4, 0.5) is 5.69 Å². The molecule has 0 spiro atoms. The largest absolute Gasteiger partial charge is 0.497 e. The molecule has 0 unspecified atom stereocenters. The molecule has 0 fully saturated rings. The number of rotatable bonds is 6. The van der Waals surface area contributed by atoms with E-state index in [9.17, 15) is 4.79 Å². The fraction of sp³-hybridized carbons (Fsp3) is 0.333. The first-order valence-corrected chi connectivity index (χ1v) is 9.18. The van der Waals surface area contributed by atoms with E-state index in [1.54, 1.807) is 28.4 Å². The molecule has 0 aliphatic carbocycles. The van der Waals surface area contributed by atoms with Gasteiger partial charge in [-0.1, -0.05) is 12.1 Å². The zero-order valence-corrected chi connectivity index (χ0v) is 16.9. The van der Waals surface area contributed by atoms with Crippen LogP contribution in [0.2, 0.25) is 0 Å². The summed E-state index contributed by atoms with van der Waals surface area (Å²) in [4.78, 5) is 20.4. The highest BCUT2D eigenvalue weighted by atomic mass is 16.5. The van der Waals surface area contributed by atoms with Crippen LogP contribution in [0.15, 0.2) is 35.3 Å². The van der Waals surface area contributed by atoms with E-state index in [1.807, 2.05) is 35.2 Å². The van der Waals surface area contributed by atoms with Crippen molar-refractivity contribution in [3.63, 3.8) is 0 Å². The molecule has 152 valence electrons. The van der Waals surface area contributed by atoms with Gasteiger partial charge in [0.2, 0.25) is 11.7 Å². The van der Waals surface area contributed by atoms with E-state index in [2.05, 4.69) is 9.89 Å². The fourth-order valence-corrected chi connectivity index (χ4v) is 3.78. The Morgan fingerprint density at radius 2 is 1.66 bits per heavy atom. The number of guanidine groups is 1. The lowest BCUT2D eigenvalue weighted by Crippen LogP contribution is -2.45. The molecule has 0 saturated carbocycles. The fourth-order valence-electron chi connectivity index (χ4n) is 3.78. The van der Waals surface area contributed by atoms with Crippen LogP contribution >= 0.6 is 0 Å². The molecule has 0 bridgehead atoms. The molecule has 0 radical (unpaired) electrons. The van der Waals surface area contributed by atoms with Crippen molar-refractivity contribution in [3.05, 3.63) is 41.5 Å². The number of carbonyl (C=O) groups is 1. The number of hydrogen-bond acceptors (Lipinski definition) is 7. The van der Waals surface area contributed by atoms with E-state index < -0.39 is 0 Å². The van der Waals surface area contributed by atoms with Crippen molar-refractivity contribution in [2.24, 2.45) is 4.99 Å². The Labute approximate surface area is 169 Å². The van der Waals surface area contributed by atoms with E-state index in [1.165, 1.54) is 0 Å². The van der Waals surface area contributed by atoms with Gasteiger partial charge < -0.3 is 28.7 Å². The maximum Gasteiger partial charge on any atom is 0.268 e. The van der Waals surface area contributed by atoms with Gasteiger partial charge in [0.25, 0.3) is 5.91 Å². The minimum absolute atomic E-state index is 0.179. The SMILES string of the molecule is COc1ccc(CN2Cc3c(cc(OC)c(OC)c3OC)N3CC(=O)N=C23)cc1. The average molecular weight is 397 g/mol. The van der Waals surface area contributed by atoms with Crippen molar-refractivity contribution in [2.75, 3.05) is 39.9 Å². The van der Waals surface area contributed by atoms with E-state index >= 15 is 0 Å². The number of methoxy groups -OCH3 is 4. The number of amides is 1. The number of nitrogens with zero attached hydrogens (tertiary/aromatic N) is 3. The van der Waals surface area contributed by atoms with Crippen LogP contribution in [0.3, 0.4) is 0 Å². The molecule has 2 heterocycles. The Balaban J connectivity index is 1.77. The van der Waals surface area contributed by atoms with Gasteiger partial charge in [0.05, 0.1) is 40.7 Å². The zero-order valence-electron chi connectivity index (χ0n) is 16.9. The van der Waals surface area contributed by atoms with Crippen molar-refractivity contribution in [2.45, 2.75) is 13.1 Å². The third-order valence-corrected chi connectivity index (χ3v) is 5.12. The maximum absolute atomic E-state index is 12.2. The Morgan fingerprint density at radius 1 is 0.931 bits per heavy atom. The van der Waals surface area contributed by atoms with Crippen molar-refractivity contribution in [3.8, 4) is 23.0 Å². The highest BCUT2D eigenvalue weighted by Gasteiger charge is 2.38. The molecule has 8 nitrogen and oxygen atoms in total. The van der Waals surface area contributed by atoms with Gasteiger partial charge in [-0.15, -0.1) is 0 Å². The molecule has 0 saturated heterocycles. The second-order valence-corrected chi connectivity index (χ2v) is 6.74. The van der Waals surface area contributed by atoms with Gasteiger partial charge >= 0.3 is 0 Å². The molecule has 2 aromatic rings. The number of fused-ring (bicyclic) bond motifs is 3. The zero-order chi connectivity index (χ0) is 20.5. The summed E-state index contributed by atoms with van der Waals surface area (Å²) in [5.41, 5.74) is 2.85. The third-order valence-electron chi connectivity index (χ3n) is 5.12. The molecular weight excluding hydrogens is 374 g/mol. The Morgan fingerprint density at radius 3 is 2.28 bits per heavy atom. The first kappa shape index (κ1) is 18.9. The second-order valence-electron chi connectivity index (χ2n) is 6.74. The van der Waals surface area contributed by atoms with Gasteiger partial charge in [-0.05, 0) is 17.7 Å². The van der Waals surface area contributed by atoms with Crippen LogP contribution in [0.1, 0.15) is 11.1 Å². The first-order valence-electron chi connectivity index (χ1n) is 9.18. The standard InChI is InChI=1S/C21H23N3O5/c1-26-14-7-5-13(6-8-14)10-23-11-15-16(24-12-18(25)22-21(23)24)9-17(27-2)20(29-4)19(15)28-3/h5-9H,10-12H2,1-4H3. The summed E-state index contributed by atoms with van der Waals surface area (Å²) < 4.78 is 21.9. The minimum Gasteiger partial charge on any atom is -0.497 e. The summed E-state index contributed by atoms with van der Waals surface area (Å²) in [5.74, 6) is 2.93. The van der Waals surface area contributed by atoms with Gasteiger partial charge in [0.15, 0.2) is 11.5 Å². The number of anilines is 1. The van der Waals surface area contributed by atoms with Crippen LogP contribution in [0.5, 0.6) is 23.0 Å².